The zero-order chi connectivity index (χ0) is 15.8. The molecule has 0 spiro atoms. The molecule has 2 rings (SSSR count). The van der Waals surface area contributed by atoms with E-state index < -0.39 is 11.6 Å². The van der Waals surface area contributed by atoms with Gasteiger partial charge in [0.15, 0.2) is 5.22 Å². The molecule has 0 aliphatic carbocycles. The number of nitrogen functional groups attached to an aromatic ring is 1. The molecule has 0 aliphatic rings. The highest BCUT2D eigenvalue weighted by Crippen LogP contribution is 2.41. The van der Waals surface area contributed by atoms with Crippen LogP contribution in [0.5, 0.6) is 0 Å². The standard InChI is InChI=1S/C15H18ClNO3S/c1-5-8-11(17)13(14(18)20-15(2,3)4)21-12(8)9-6-7-10(16)19-9/h6-7H,5,17H2,1-4H3. The minimum absolute atomic E-state index is 0.304. The van der Waals surface area contributed by atoms with E-state index >= 15 is 0 Å². The SMILES string of the molecule is CCc1c(-c2ccc(Cl)o2)sc(C(=O)OC(C)(C)C)c1N. The number of esters is 1. The van der Waals surface area contributed by atoms with Crippen molar-refractivity contribution in [3.05, 3.63) is 27.8 Å². The fourth-order valence-electron chi connectivity index (χ4n) is 1.94. The lowest BCUT2D eigenvalue weighted by molar-refractivity contribution is 0.00763. The molecule has 0 bridgehead atoms. The van der Waals surface area contributed by atoms with Crippen molar-refractivity contribution in [3.63, 3.8) is 0 Å². The number of anilines is 1. The Labute approximate surface area is 132 Å². The zero-order valence-corrected chi connectivity index (χ0v) is 14.0. The molecule has 21 heavy (non-hydrogen) atoms. The smallest absolute Gasteiger partial charge is 0.351 e. The number of nitrogens with two attached hydrogens (primary N) is 1. The van der Waals surface area contributed by atoms with E-state index in [4.69, 9.17) is 26.5 Å². The van der Waals surface area contributed by atoms with Gasteiger partial charge in [-0.2, -0.15) is 0 Å². The van der Waals surface area contributed by atoms with E-state index in [9.17, 15) is 4.79 Å². The fourth-order valence-corrected chi connectivity index (χ4v) is 3.24. The van der Waals surface area contributed by atoms with Crippen LogP contribution in [0.2, 0.25) is 5.22 Å². The molecule has 0 unspecified atom stereocenters. The first-order valence-corrected chi connectivity index (χ1v) is 7.82. The lowest BCUT2D eigenvalue weighted by atomic mass is 10.1. The van der Waals surface area contributed by atoms with Gasteiger partial charge in [-0.05, 0) is 56.5 Å². The Hall–Kier alpha value is -1.46. The van der Waals surface area contributed by atoms with Crippen LogP contribution >= 0.6 is 22.9 Å². The van der Waals surface area contributed by atoms with Gasteiger partial charge in [0.25, 0.3) is 0 Å². The van der Waals surface area contributed by atoms with Crippen LogP contribution in [0.3, 0.4) is 0 Å². The summed E-state index contributed by atoms with van der Waals surface area (Å²) in [4.78, 5) is 13.5. The first kappa shape index (κ1) is 15.9. The lowest BCUT2D eigenvalue weighted by Gasteiger charge is -2.19. The molecular weight excluding hydrogens is 310 g/mol. The molecule has 0 atom stereocenters. The van der Waals surface area contributed by atoms with Crippen LogP contribution in [-0.4, -0.2) is 11.6 Å². The van der Waals surface area contributed by atoms with Crippen molar-refractivity contribution in [1.82, 2.24) is 0 Å². The van der Waals surface area contributed by atoms with E-state index in [1.165, 1.54) is 11.3 Å². The normalized spacial score (nSPS) is 11.7. The minimum Gasteiger partial charge on any atom is -0.456 e. The Kier molecular flexibility index (Phi) is 4.35. The number of thiophene rings is 1. The second kappa shape index (κ2) is 5.73. The topological polar surface area (TPSA) is 65.5 Å². The van der Waals surface area contributed by atoms with Gasteiger partial charge in [-0.15, -0.1) is 11.3 Å². The van der Waals surface area contributed by atoms with Crippen LogP contribution in [0.25, 0.3) is 10.6 Å². The van der Waals surface area contributed by atoms with E-state index in [2.05, 4.69) is 0 Å². The molecule has 0 saturated carbocycles. The van der Waals surface area contributed by atoms with Gasteiger partial charge in [-0.1, -0.05) is 6.92 Å². The van der Waals surface area contributed by atoms with Crippen LogP contribution in [0, 0.1) is 0 Å². The molecule has 2 heterocycles. The third-order valence-electron chi connectivity index (χ3n) is 2.78. The highest BCUT2D eigenvalue weighted by atomic mass is 35.5. The molecule has 0 amide bonds. The summed E-state index contributed by atoms with van der Waals surface area (Å²) in [6, 6.07) is 3.44. The molecule has 2 N–H and O–H groups in total. The minimum atomic E-state index is -0.561. The number of ether oxygens (including phenoxy) is 1. The highest BCUT2D eigenvalue weighted by molar-refractivity contribution is 7.18. The number of carbonyl (C=O) groups is 1. The Morgan fingerprint density at radius 2 is 2.10 bits per heavy atom. The second-order valence-electron chi connectivity index (χ2n) is 5.61. The van der Waals surface area contributed by atoms with Gasteiger partial charge in [0.05, 0.1) is 10.6 Å². The van der Waals surface area contributed by atoms with Gasteiger partial charge in [-0.25, -0.2) is 4.79 Å². The number of halogens is 1. The van der Waals surface area contributed by atoms with E-state index in [1.54, 1.807) is 12.1 Å². The molecule has 0 fully saturated rings. The monoisotopic (exact) mass is 327 g/mol. The van der Waals surface area contributed by atoms with Crippen LogP contribution < -0.4 is 5.73 Å². The van der Waals surface area contributed by atoms with Gasteiger partial charge in [0.1, 0.15) is 16.2 Å². The molecular formula is C15H18ClNO3S. The highest BCUT2D eigenvalue weighted by Gasteiger charge is 2.26. The summed E-state index contributed by atoms with van der Waals surface area (Å²) < 4.78 is 10.8. The molecule has 6 heteroatoms. The van der Waals surface area contributed by atoms with Gasteiger partial charge < -0.3 is 14.9 Å². The van der Waals surface area contributed by atoms with Gasteiger partial charge in [-0.3, -0.25) is 0 Å². The second-order valence-corrected chi connectivity index (χ2v) is 7.00. The number of furan rings is 1. The number of hydrogen-bond acceptors (Lipinski definition) is 5. The van der Waals surface area contributed by atoms with Crippen molar-refractivity contribution in [2.45, 2.75) is 39.7 Å². The van der Waals surface area contributed by atoms with Crippen molar-refractivity contribution >= 4 is 34.6 Å². The van der Waals surface area contributed by atoms with Crippen LogP contribution in [-0.2, 0) is 11.2 Å². The maximum Gasteiger partial charge on any atom is 0.351 e. The van der Waals surface area contributed by atoms with Crippen LogP contribution in [0.4, 0.5) is 5.69 Å². The van der Waals surface area contributed by atoms with Gasteiger partial charge in [0, 0.05) is 0 Å². The molecule has 0 aliphatic heterocycles. The van der Waals surface area contributed by atoms with Gasteiger partial charge in [0.2, 0.25) is 0 Å². The summed E-state index contributed by atoms with van der Waals surface area (Å²) in [5, 5.41) is 0.304. The van der Waals surface area contributed by atoms with Crippen LogP contribution in [0.1, 0.15) is 42.9 Å². The first-order chi connectivity index (χ1) is 9.73. The average Bonchev–Trinajstić information content (AvgIpc) is 2.90. The van der Waals surface area contributed by atoms with E-state index in [0.29, 0.717) is 28.0 Å². The molecule has 2 aromatic heterocycles. The van der Waals surface area contributed by atoms with Gasteiger partial charge >= 0.3 is 5.97 Å². The van der Waals surface area contributed by atoms with E-state index in [1.807, 2.05) is 27.7 Å². The molecule has 114 valence electrons. The summed E-state index contributed by atoms with van der Waals surface area (Å²) >= 11 is 7.09. The summed E-state index contributed by atoms with van der Waals surface area (Å²) in [5.74, 6) is 0.201. The Morgan fingerprint density at radius 1 is 1.43 bits per heavy atom. The van der Waals surface area contributed by atoms with Crippen molar-refractivity contribution in [2.24, 2.45) is 0 Å². The fraction of sp³-hybridized carbons (Fsp3) is 0.400. The first-order valence-electron chi connectivity index (χ1n) is 6.63. The van der Waals surface area contributed by atoms with Crippen molar-refractivity contribution in [2.75, 3.05) is 5.73 Å². The molecule has 0 saturated heterocycles. The van der Waals surface area contributed by atoms with Crippen molar-refractivity contribution < 1.29 is 13.9 Å². The summed E-state index contributed by atoms with van der Waals surface area (Å²) in [6.45, 7) is 7.44. The van der Waals surface area contributed by atoms with Crippen LogP contribution in [0.15, 0.2) is 16.5 Å². The Balaban J connectivity index is 2.45. The molecule has 0 radical (unpaired) electrons. The maximum absolute atomic E-state index is 12.3. The third kappa shape index (κ3) is 3.41. The number of rotatable bonds is 3. The van der Waals surface area contributed by atoms with E-state index in [0.717, 1.165) is 10.4 Å². The Morgan fingerprint density at radius 3 is 2.57 bits per heavy atom. The molecule has 2 aromatic rings. The number of hydrogen-bond donors (Lipinski definition) is 1. The zero-order valence-electron chi connectivity index (χ0n) is 12.5. The van der Waals surface area contributed by atoms with E-state index in [-0.39, 0.29) is 0 Å². The molecule has 0 aromatic carbocycles. The molecule has 4 nitrogen and oxygen atoms in total. The Bertz CT molecular complexity index is 667. The van der Waals surface area contributed by atoms with Crippen molar-refractivity contribution in [1.29, 1.82) is 0 Å². The van der Waals surface area contributed by atoms with Crippen molar-refractivity contribution in [3.8, 4) is 10.6 Å². The maximum atomic E-state index is 12.3. The third-order valence-corrected chi connectivity index (χ3v) is 4.23. The lowest BCUT2D eigenvalue weighted by Crippen LogP contribution is -2.23. The summed E-state index contributed by atoms with van der Waals surface area (Å²) in [6.07, 6.45) is 0.693. The summed E-state index contributed by atoms with van der Waals surface area (Å²) in [7, 11) is 0. The summed E-state index contributed by atoms with van der Waals surface area (Å²) in [5.41, 5.74) is 6.89. The average molecular weight is 328 g/mol. The quantitative estimate of drug-likeness (QED) is 0.825. The largest absolute Gasteiger partial charge is 0.456 e. The predicted molar refractivity (Wildman–Crippen MR) is 86.0 cm³/mol. The number of carbonyl (C=O) groups excluding carboxylic acids is 1. The predicted octanol–water partition coefficient (Wildman–Crippen LogP) is 4.76.